The summed E-state index contributed by atoms with van der Waals surface area (Å²) in [5, 5.41) is 1.15. The first-order valence-electron chi connectivity index (χ1n) is 5.87. The third kappa shape index (κ3) is 1.95. The van der Waals surface area contributed by atoms with Crippen molar-refractivity contribution in [2.45, 2.75) is 12.3 Å². The lowest BCUT2D eigenvalue weighted by atomic mass is 10.3. The Balaban J connectivity index is 1.68. The predicted molar refractivity (Wildman–Crippen MR) is 65.0 cm³/mol. The average molecular weight is 239 g/mol. The Kier molecular flexibility index (Phi) is 2.83. The van der Waals surface area contributed by atoms with Crippen LogP contribution in [-0.2, 0) is 4.74 Å². The summed E-state index contributed by atoms with van der Waals surface area (Å²) < 4.78 is 5.34. The quantitative estimate of drug-likeness (QED) is 0.856. The van der Waals surface area contributed by atoms with E-state index in [9.17, 15) is 0 Å². The Morgan fingerprint density at radius 1 is 1.50 bits per heavy atom. The molecule has 1 aliphatic heterocycles. The second-order valence-corrected chi connectivity index (χ2v) is 5.52. The largest absolute Gasteiger partial charge is 0.378 e. The molecule has 16 heavy (non-hydrogen) atoms. The highest BCUT2D eigenvalue weighted by atomic mass is 32.1. The van der Waals surface area contributed by atoms with Crippen LogP contribution in [0.25, 0.3) is 0 Å². The molecule has 1 saturated carbocycles. The molecule has 2 aliphatic rings. The molecule has 2 heterocycles. The summed E-state index contributed by atoms with van der Waals surface area (Å²) in [5.74, 6) is 1.40. The van der Waals surface area contributed by atoms with Gasteiger partial charge in [0.1, 0.15) is 0 Å². The van der Waals surface area contributed by atoms with E-state index in [0.717, 1.165) is 38.0 Å². The Hall–Kier alpha value is -0.650. The SMILES string of the molecule is NCC1CC1c1cnc(N2CCOCC2)s1. The minimum atomic E-state index is 0.692. The lowest BCUT2D eigenvalue weighted by molar-refractivity contribution is 0.122. The zero-order valence-electron chi connectivity index (χ0n) is 9.26. The van der Waals surface area contributed by atoms with Crippen molar-refractivity contribution in [3.8, 4) is 0 Å². The molecule has 1 aliphatic carbocycles. The summed E-state index contributed by atoms with van der Waals surface area (Å²) >= 11 is 1.83. The van der Waals surface area contributed by atoms with Crippen LogP contribution in [0.15, 0.2) is 6.20 Å². The number of nitrogens with zero attached hydrogens (tertiary/aromatic N) is 2. The smallest absolute Gasteiger partial charge is 0.185 e. The molecule has 0 bridgehead atoms. The summed E-state index contributed by atoms with van der Waals surface area (Å²) in [4.78, 5) is 8.25. The molecular weight excluding hydrogens is 222 g/mol. The molecule has 0 aromatic carbocycles. The summed E-state index contributed by atoms with van der Waals surface area (Å²) in [6, 6.07) is 0. The van der Waals surface area contributed by atoms with Gasteiger partial charge in [0.15, 0.2) is 5.13 Å². The van der Waals surface area contributed by atoms with E-state index in [1.807, 2.05) is 17.5 Å². The molecular formula is C11H17N3OS. The Morgan fingerprint density at radius 3 is 3.00 bits per heavy atom. The minimum absolute atomic E-state index is 0.692. The molecule has 0 amide bonds. The van der Waals surface area contributed by atoms with Gasteiger partial charge in [0.05, 0.1) is 13.2 Å². The molecule has 2 N–H and O–H groups in total. The van der Waals surface area contributed by atoms with Gasteiger partial charge in [-0.25, -0.2) is 4.98 Å². The molecule has 2 unspecified atom stereocenters. The van der Waals surface area contributed by atoms with E-state index in [0.29, 0.717) is 11.8 Å². The van der Waals surface area contributed by atoms with E-state index in [1.165, 1.54) is 11.3 Å². The summed E-state index contributed by atoms with van der Waals surface area (Å²) in [6.45, 7) is 4.40. The molecule has 1 aromatic rings. The van der Waals surface area contributed by atoms with E-state index in [1.54, 1.807) is 0 Å². The Bertz CT molecular complexity index is 362. The molecule has 2 atom stereocenters. The van der Waals surface area contributed by atoms with Gasteiger partial charge in [0.25, 0.3) is 0 Å². The van der Waals surface area contributed by atoms with Gasteiger partial charge in [-0.3, -0.25) is 0 Å². The van der Waals surface area contributed by atoms with Gasteiger partial charge < -0.3 is 15.4 Å². The van der Waals surface area contributed by atoms with Crippen molar-refractivity contribution in [3.05, 3.63) is 11.1 Å². The number of thiazole rings is 1. The average Bonchev–Trinajstić information content (AvgIpc) is 2.98. The van der Waals surface area contributed by atoms with Crippen LogP contribution in [-0.4, -0.2) is 37.8 Å². The number of hydrogen-bond acceptors (Lipinski definition) is 5. The highest BCUT2D eigenvalue weighted by Gasteiger charge is 2.38. The van der Waals surface area contributed by atoms with Crippen molar-refractivity contribution in [2.75, 3.05) is 37.7 Å². The summed E-state index contributed by atoms with van der Waals surface area (Å²) in [6.07, 6.45) is 3.29. The second kappa shape index (κ2) is 4.31. The van der Waals surface area contributed by atoms with Gasteiger partial charge >= 0.3 is 0 Å². The van der Waals surface area contributed by atoms with Crippen molar-refractivity contribution in [1.29, 1.82) is 0 Å². The molecule has 3 rings (SSSR count). The maximum atomic E-state index is 5.67. The monoisotopic (exact) mass is 239 g/mol. The van der Waals surface area contributed by atoms with Gasteiger partial charge in [0.2, 0.25) is 0 Å². The number of aromatic nitrogens is 1. The highest BCUT2D eigenvalue weighted by Crippen LogP contribution is 2.49. The van der Waals surface area contributed by atoms with Gasteiger partial charge in [-0.15, -0.1) is 11.3 Å². The van der Waals surface area contributed by atoms with E-state index in [2.05, 4.69) is 9.88 Å². The first-order valence-corrected chi connectivity index (χ1v) is 6.68. The Morgan fingerprint density at radius 2 is 2.31 bits per heavy atom. The summed E-state index contributed by atoms with van der Waals surface area (Å²) in [7, 11) is 0. The first kappa shape index (κ1) is 10.5. The molecule has 4 nitrogen and oxygen atoms in total. The van der Waals surface area contributed by atoms with Crippen LogP contribution in [0.3, 0.4) is 0 Å². The zero-order valence-corrected chi connectivity index (χ0v) is 10.1. The molecule has 2 fully saturated rings. The van der Waals surface area contributed by atoms with Crippen LogP contribution < -0.4 is 10.6 Å². The number of ether oxygens (including phenoxy) is 1. The standard InChI is InChI=1S/C11H17N3OS/c12-6-8-5-9(8)10-7-13-11(16-10)14-1-3-15-4-2-14/h7-9H,1-6,12H2. The third-order valence-corrected chi connectivity index (χ3v) is 4.57. The topological polar surface area (TPSA) is 51.4 Å². The zero-order chi connectivity index (χ0) is 11.0. The van der Waals surface area contributed by atoms with Crippen molar-refractivity contribution in [2.24, 2.45) is 11.7 Å². The number of hydrogen-bond donors (Lipinski definition) is 1. The van der Waals surface area contributed by atoms with Crippen molar-refractivity contribution in [3.63, 3.8) is 0 Å². The van der Waals surface area contributed by atoms with Crippen molar-refractivity contribution >= 4 is 16.5 Å². The highest BCUT2D eigenvalue weighted by molar-refractivity contribution is 7.15. The normalized spacial score (nSPS) is 29.4. The van der Waals surface area contributed by atoms with Gasteiger partial charge in [0, 0.05) is 24.2 Å². The predicted octanol–water partition coefficient (Wildman–Crippen LogP) is 1.04. The van der Waals surface area contributed by atoms with E-state index >= 15 is 0 Å². The number of morpholine rings is 1. The van der Waals surface area contributed by atoms with E-state index in [4.69, 9.17) is 10.5 Å². The molecule has 0 radical (unpaired) electrons. The van der Waals surface area contributed by atoms with Crippen LogP contribution in [0.2, 0.25) is 0 Å². The molecule has 1 aromatic heterocycles. The fourth-order valence-electron chi connectivity index (χ4n) is 2.21. The maximum Gasteiger partial charge on any atom is 0.185 e. The second-order valence-electron chi connectivity index (χ2n) is 4.48. The molecule has 1 saturated heterocycles. The number of rotatable bonds is 3. The maximum absolute atomic E-state index is 5.67. The van der Waals surface area contributed by atoms with E-state index < -0.39 is 0 Å². The molecule has 5 heteroatoms. The van der Waals surface area contributed by atoms with Gasteiger partial charge in [-0.05, 0) is 24.8 Å². The minimum Gasteiger partial charge on any atom is -0.378 e. The fraction of sp³-hybridized carbons (Fsp3) is 0.727. The van der Waals surface area contributed by atoms with Crippen LogP contribution in [0.5, 0.6) is 0 Å². The van der Waals surface area contributed by atoms with Gasteiger partial charge in [-0.2, -0.15) is 0 Å². The van der Waals surface area contributed by atoms with Crippen molar-refractivity contribution < 1.29 is 4.74 Å². The lowest BCUT2D eigenvalue weighted by Gasteiger charge is -2.25. The number of nitrogens with two attached hydrogens (primary N) is 1. The fourth-order valence-corrected chi connectivity index (χ4v) is 3.38. The van der Waals surface area contributed by atoms with E-state index in [-0.39, 0.29) is 0 Å². The van der Waals surface area contributed by atoms with Crippen LogP contribution in [0.4, 0.5) is 5.13 Å². The third-order valence-electron chi connectivity index (χ3n) is 3.38. The van der Waals surface area contributed by atoms with Gasteiger partial charge in [-0.1, -0.05) is 0 Å². The first-order chi connectivity index (χ1) is 7.88. The summed E-state index contributed by atoms with van der Waals surface area (Å²) in [5.41, 5.74) is 5.67. The lowest BCUT2D eigenvalue weighted by Crippen LogP contribution is -2.36. The van der Waals surface area contributed by atoms with Crippen LogP contribution in [0.1, 0.15) is 17.2 Å². The Labute approximate surface area is 99.4 Å². The van der Waals surface area contributed by atoms with Crippen molar-refractivity contribution in [1.82, 2.24) is 4.98 Å². The van der Waals surface area contributed by atoms with Crippen LogP contribution >= 0.6 is 11.3 Å². The molecule has 0 spiro atoms. The van der Waals surface area contributed by atoms with Crippen LogP contribution in [0, 0.1) is 5.92 Å². The molecule has 88 valence electrons. The number of anilines is 1.